The summed E-state index contributed by atoms with van der Waals surface area (Å²) in [5.74, 6) is -0.0838. The number of amides is 1. The highest BCUT2D eigenvalue weighted by molar-refractivity contribution is 5.80. The highest BCUT2D eigenvalue weighted by Crippen LogP contribution is 2.08. The molecule has 4 heteroatoms. The number of unbranched alkanes of at least 4 members (excludes halogenated alkanes) is 3. The molecule has 0 aliphatic carbocycles. The van der Waals surface area contributed by atoms with Gasteiger partial charge in [-0.05, 0) is 18.4 Å². The minimum absolute atomic E-state index is 0.263. The lowest BCUT2D eigenvalue weighted by Gasteiger charge is -2.02. The van der Waals surface area contributed by atoms with Gasteiger partial charge in [0.15, 0.2) is 0 Å². The van der Waals surface area contributed by atoms with Gasteiger partial charge in [-0.1, -0.05) is 43.2 Å². The van der Waals surface area contributed by atoms with Crippen molar-refractivity contribution in [2.45, 2.75) is 44.9 Å². The Morgan fingerprint density at radius 3 is 2.21 bits per heavy atom. The van der Waals surface area contributed by atoms with Gasteiger partial charge in [0, 0.05) is 19.3 Å². The number of hydrogen-bond donors (Lipinski definition) is 2. The van der Waals surface area contributed by atoms with Gasteiger partial charge in [-0.25, -0.2) is 5.48 Å². The van der Waals surface area contributed by atoms with Crippen LogP contribution >= 0.6 is 0 Å². The molecule has 0 bridgehead atoms. The Bertz CT molecular complexity index is 390. The van der Waals surface area contributed by atoms with Crippen molar-refractivity contribution >= 4 is 11.7 Å². The first-order chi connectivity index (χ1) is 9.22. The van der Waals surface area contributed by atoms with Crippen molar-refractivity contribution < 1.29 is 14.8 Å². The Morgan fingerprint density at radius 2 is 1.58 bits per heavy atom. The Labute approximate surface area is 113 Å². The van der Waals surface area contributed by atoms with E-state index in [-0.39, 0.29) is 11.7 Å². The van der Waals surface area contributed by atoms with Gasteiger partial charge in [0.1, 0.15) is 5.78 Å². The molecule has 0 atom stereocenters. The van der Waals surface area contributed by atoms with Crippen LogP contribution in [-0.4, -0.2) is 16.9 Å². The van der Waals surface area contributed by atoms with Crippen molar-refractivity contribution in [1.29, 1.82) is 0 Å². The van der Waals surface area contributed by atoms with Crippen molar-refractivity contribution in [3.63, 3.8) is 0 Å². The van der Waals surface area contributed by atoms with Crippen molar-refractivity contribution in [3.05, 3.63) is 35.9 Å². The average Bonchev–Trinajstić information content (AvgIpc) is 2.43. The summed E-state index contributed by atoms with van der Waals surface area (Å²) in [7, 11) is 0. The minimum Gasteiger partial charge on any atom is -0.299 e. The second-order valence-electron chi connectivity index (χ2n) is 4.65. The van der Waals surface area contributed by atoms with Gasteiger partial charge >= 0.3 is 0 Å². The summed E-state index contributed by atoms with van der Waals surface area (Å²) in [6.07, 6.45) is 4.92. The van der Waals surface area contributed by atoms with Gasteiger partial charge in [-0.2, -0.15) is 0 Å². The lowest BCUT2D eigenvalue weighted by Crippen LogP contribution is -2.17. The molecule has 4 nitrogen and oxygen atoms in total. The lowest BCUT2D eigenvalue weighted by atomic mass is 10.0. The molecular weight excluding hydrogens is 242 g/mol. The Balaban J connectivity index is 2.03. The van der Waals surface area contributed by atoms with E-state index in [9.17, 15) is 9.59 Å². The van der Waals surface area contributed by atoms with Gasteiger partial charge < -0.3 is 0 Å². The van der Waals surface area contributed by atoms with E-state index in [0.29, 0.717) is 19.3 Å². The van der Waals surface area contributed by atoms with E-state index in [1.807, 2.05) is 30.3 Å². The zero-order valence-corrected chi connectivity index (χ0v) is 11.1. The van der Waals surface area contributed by atoms with Crippen LogP contribution in [-0.2, 0) is 16.0 Å². The first kappa shape index (κ1) is 15.4. The highest BCUT2D eigenvalue weighted by atomic mass is 16.5. The molecule has 1 aromatic rings. The number of Topliss-reactive ketones (excluding diaryl/α,β-unsaturated/α-hetero) is 1. The third-order valence-electron chi connectivity index (χ3n) is 2.98. The molecule has 0 radical (unpaired) electrons. The van der Waals surface area contributed by atoms with E-state index < -0.39 is 0 Å². The number of ketones is 1. The van der Waals surface area contributed by atoms with E-state index in [2.05, 4.69) is 0 Å². The van der Waals surface area contributed by atoms with Crippen molar-refractivity contribution in [3.8, 4) is 0 Å². The summed E-state index contributed by atoms with van der Waals surface area (Å²) < 4.78 is 0. The largest absolute Gasteiger partial charge is 0.299 e. The van der Waals surface area contributed by atoms with E-state index in [1.54, 1.807) is 5.48 Å². The van der Waals surface area contributed by atoms with Gasteiger partial charge in [0.05, 0.1) is 0 Å². The summed E-state index contributed by atoms with van der Waals surface area (Å²) in [6.45, 7) is 0. The summed E-state index contributed by atoms with van der Waals surface area (Å²) in [6, 6.07) is 9.75. The van der Waals surface area contributed by atoms with E-state index >= 15 is 0 Å². The van der Waals surface area contributed by atoms with Crippen LogP contribution in [0, 0.1) is 0 Å². The maximum absolute atomic E-state index is 11.7. The maximum Gasteiger partial charge on any atom is 0.243 e. The van der Waals surface area contributed by atoms with Crippen LogP contribution < -0.4 is 5.48 Å². The Kier molecular flexibility index (Phi) is 7.51. The molecule has 0 unspecified atom stereocenters. The molecule has 0 aromatic heterocycles. The lowest BCUT2D eigenvalue weighted by molar-refractivity contribution is -0.129. The normalized spacial score (nSPS) is 10.2. The monoisotopic (exact) mass is 263 g/mol. The minimum atomic E-state index is -0.347. The molecule has 1 rings (SSSR count). The molecule has 0 fully saturated rings. The summed E-state index contributed by atoms with van der Waals surface area (Å²) in [5, 5.41) is 8.31. The molecule has 2 N–H and O–H groups in total. The SMILES string of the molecule is O=C(CCCCCCC(=O)NO)Cc1ccccc1. The zero-order valence-electron chi connectivity index (χ0n) is 11.1. The fourth-order valence-electron chi connectivity index (χ4n) is 1.93. The molecule has 0 heterocycles. The van der Waals surface area contributed by atoms with Crippen molar-refractivity contribution in [2.75, 3.05) is 0 Å². The number of rotatable bonds is 9. The molecule has 19 heavy (non-hydrogen) atoms. The van der Waals surface area contributed by atoms with Gasteiger partial charge in [-0.3, -0.25) is 14.8 Å². The molecule has 0 aliphatic rings. The van der Waals surface area contributed by atoms with Crippen LogP contribution in [0.2, 0.25) is 0 Å². The average molecular weight is 263 g/mol. The van der Waals surface area contributed by atoms with Crippen LogP contribution in [0.3, 0.4) is 0 Å². The molecule has 0 saturated carbocycles. The Hall–Kier alpha value is -1.68. The first-order valence-corrected chi connectivity index (χ1v) is 6.71. The quantitative estimate of drug-likeness (QED) is 0.409. The first-order valence-electron chi connectivity index (χ1n) is 6.71. The predicted molar refractivity (Wildman–Crippen MR) is 72.8 cm³/mol. The Morgan fingerprint density at radius 1 is 0.947 bits per heavy atom. The zero-order chi connectivity index (χ0) is 13.9. The number of carbonyl (C=O) groups is 2. The second-order valence-corrected chi connectivity index (χ2v) is 4.65. The summed E-state index contributed by atoms with van der Waals surface area (Å²) >= 11 is 0. The molecule has 0 aliphatic heterocycles. The van der Waals surface area contributed by atoms with Crippen LogP contribution in [0.1, 0.15) is 44.1 Å². The van der Waals surface area contributed by atoms with E-state index in [1.165, 1.54) is 0 Å². The fourth-order valence-corrected chi connectivity index (χ4v) is 1.93. The number of benzene rings is 1. The number of carbonyl (C=O) groups excluding carboxylic acids is 2. The van der Waals surface area contributed by atoms with Gasteiger partial charge in [-0.15, -0.1) is 0 Å². The van der Waals surface area contributed by atoms with Gasteiger partial charge in [0.25, 0.3) is 0 Å². The molecule has 1 amide bonds. The standard InChI is InChI=1S/C15H21NO3/c17-14(12-13-8-4-3-5-9-13)10-6-1-2-7-11-15(18)16-19/h3-5,8-9,19H,1-2,6-7,10-12H2,(H,16,18). The predicted octanol–water partition coefficient (Wildman–Crippen LogP) is 2.64. The van der Waals surface area contributed by atoms with Crippen LogP contribution in [0.25, 0.3) is 0 Å². The number of hydrogen-bond acceptors (Lipinski definition) is 3. The van der Waals surface area contributed by atoms with Crippen LogP contribution in [0.15, 0.2) is 30.3 Å². The number of nitrogens with one attached hydrogen (secondary N) is 1. The topological polar surface area (TPSA) is 66.4 Å². The molecular formula is C15H21NO3. The smallest absolute Gasteiger partial charge is 0.243 e. The molecule has 0 saturated heterocycles. The summed E-state index contributed by atoms with van der Waals surface area (Å²) in [4.78, 5) is 22.4. The fraction of sp³-hybridized carbons (Fsp3) is 0.467. The van der Waals surface area contributed by atoms with E-state index in [0.717, 1.165) is 31.2 Å². The second kappa shape index (κ2) is 9.28. The maximum atomic E-state index is 11.7. The van der Waals surface area contributed by atoms with Crippen LogP contribution in [0.4, 0.5) is 0 Å². The van der Waals surface area contributed by atoms with Crippen molar-refractivity contribution in [2.24, 2.45) is 0 Å². The molecule has 1 aromatic carbocycles. The third-order valence-corrected chi connectivity index (χ3v) is 2.98. The van der Waals surface area contributed by atoms with E-state index in [4.69, 9.17) is 5.21 Å². The molecule has 0 spiro atoms. The van der Waals surface area contributed by atoms with Crippen molar-refractivity contribution in [1.82, 2.24) is 5.48 Å². The highest BCUT2D eigenvalue weighted by Gasteiger charge is 2.03. The van der Waals surface area contributed by atoms with Gasteiger partial charge in [0.2, 0.25) is 5.91 Å². The molecule has 104 valence electrons. The number of hydroxylamine groups is 1. The third kappa shape index (κ3) is 7.36. The van der Waals surface area contributed by atoms with Crippen LogP contribution in [0.5, 0.6) is 0 Å². The summed E-state index contributed by atoms with van der Waals surface area (Å²) in [5.41, 5.74) is 2.67.